The second-order valence-corrected chi connectivity index (χ2v) is 10.2. The monoisotopic (exact) mass is 625 g/mol. The average molecular weight is 626 g/mol. The number of rotatable bonds is 24. The van der Waals surface area contributed by atoms with Crippen LogP contribution in [0.5, 0.6) is 0 Å². The van der Waals surface area contributed by atoms with Crippen molar-refractivity contribution >= 4 is 39.9 Å². The third kappa shape index (κ3) is 16.4. The fraction of sp³-hybridized carbons (Fsp3) is 0.586. The maximum atomic E-state index is 12.7. The van der Waals surface area contributed by atoms with Gasteiger partial charge in [-0.2, -0.15) is 0 Å². The van der Waals surface area contributed by atoms with Crippen molar-refractivity contribution in [3.63, 3.8) is 0 Å². The van der Waals surface area contributed by atoms with E-state index >= 15 is 0 Å². The summed E-state index contributed by atoms with van der Waals surface area (Å²) in [5.41, 5.74) is 1.65. The number of ether oxygens (including phenoxy) is 7. The van der Waals surface area contributed by atoms with Crippen molar-refractivity contribution in [1.82, 2.24) is 4.98 Å². The van der Waals surface area contributed by atoms with E-state index in [1.54, 1.807) is 24.3 Å². The molecule has 14 heteroatoms. The Hall–Kier alpha value is -2.98. The molecule has 0 saturated heterocycles. The zero-order chi connectivity index (χ0) is 31.1. The second kappa shape index (κ2) is 22.5. The number of thiazole rings is 1. The van der Waals surface area contributed by atoms with Gasteiger partial charge in [-0.25, -0.2) is 4.98 Å². The van der Waals surface area contributed by atoms with E-state index in [-0.39, 0.29) is 37.2 Å². The van der Waals surface area contributed by atoms with Gasteiger partial charge in [-0.15, -0.1) is 11.3 Å². The van der Waals surface area contributed by atoms with Gasteiger partial charge in [0.05, 0.1) is 116 Å². The Morgan fingerprint density at radius 2 is 1.19 bits per heavy atom. The zero-order valence-electron chi connectivity index (χ0n) is 25.1. The van der Waals surface area contributed by atoms with Crippen LogP contribution in [0.4, 0.5) is 10.8 Å². The van der Waals surface area contributed by atoms with E-state index in [4.69, 9.17) is 28.4 Å². The van der Waals surface area contributed by atoms with E-state index in [1.807, 2.05) is 13.8 Å². The summed E-state index contributed by atoms with van der Waals surface area (Å²) in [5.74, 6) is -0.896. The Bertz CT molecular complexity index is 1080. The smallest absolute Gasteiger partial charge is 0.307 e. The van der Waals surface area contributed by atoms with Gasteiger partial charge in [-0.1, -0.05) is 12.1 Å². The molecule has 0 unspecified atom stereocenters. The van der Waals surface area contributed by atoms with Crippen molar-refractivity contribution < 1.29 is 47.5 Å². The number of carbonyl (C=O) groups is 3. The molecule has 0 bridgehead atoms. The van der Waals surface area contributed by atoms with Gasteiger partial charge < -0.3 is 38.5 Å². The van der Waals surface area contributed by atoms with Crippen LogP contribution >= 0.6 is 11.3 Å². The number of carbonyl (C=O) groups excluding carboxylic acids is 3. The van der Waals surface area contributed by atoms with Gasteiger partial charge in [0.15, 0.2) is 5.13 Å². The highest BCUT2D eigenvalue weighted by Gasteiger charge is 2.15. The van der Waals surface area contributed by atoms with Crippen molar-refractivity contribution in [3.8, 4) is 0 Å². The Kier molecular flexibility index (Phi) is 19.0. The summed E-state index contributed by atoms with van der Waals surface area (Å²) in [6.45, 7) is 8.57. The summed E-state index contributed by atoms with van der Waals surface area (Å²) in [4.78, 5) is 41.4. The van der Waals surface area contributed by atoms with Crippen LogP contribution in [0.25, 0.3) is 0 Å². The molecule has 43 heavy (non-hydrogen) atoms. The molecule has 0 saturated carbocycles. The Balaban J connectivity index is 1.40. The first-order chi connectivity index (χ1) is 20.9. The molecule has 0 radical (unpaired) electrons. The normalized spacial score (nSPS) is 11.0. The molecule has 13 nitrogen and oxygen atoms in total. The lowest BCUT2D eigenvalue weighted by molar-refractivity contribution is -0.142. The number of hydrogen-bond acceptors (Lipinski definition) is 12. The molecular weight excluding hydrogens is 582 g/mol. The van der Waals surface area contributed by atoms with E-state index in [0.717, 1.165) is 10.6 Å². The number of benzene rings is 1. The molecule has 0 aliphatic carbocycles. The fourth-order valence-corrected chi connectivity index (χ4v) is 4.13. The summed E-state index contributed by atoms with van der Waals surface area (Å²) in [6, 6.07) is 6.82. The average Bonchev–Trinajstić information content (AvgIpc) is 3.31. The Morgan fingerprint density at radius 3 is 1.67 bits per heavy atom. The van der Waals surface area contributed by atoms with Crippen LogP contribution in [0.15, 0.2) is 24.3 Å². The van der Waals surface area contributed by atoms with Crippen LogP contribution in [0.3, 0.4) is 0 Å². The molecule has 0 fully saturated rings. The third-order valence-corrected chi connectivity index (χ3v) is 6.69. The van der Waals surface area contributed by atoms with Crippen molar-refractivity contribution in [2.24, 2.45) is 0 Å². The number of aromatic nitrogens is 1. The van der Waals surface area contributed by atoms with Crippen molar-refractivity contribution in [2.75, 3.05) is 97.0 Å². The summed E-state index contributed by atoms with van der Waals surface area (Å²) >= 11 is 1.40. The lowest BCUT2D eigenvalue weighted by Crippen LogP contribution is -2.19. The van der Waals surface area contributed by atoms with Crippen molar-refractivity contribution in [2.45, 2.75) is 26.7 Å². The minimum absolute atomic E-state index is 0.139. The molecule has 2 amide bonds. The number of nitrogens with one attached hydrogen (secondary N) is 2. The summed E-state index contributed by atoms with van der Waals surface area (Å²) in [6.07, 6.45) is 0.369. The molecule has 0 aliphatic heterocycles. The number of anilines is 2. The highest BCUT2D eigenvalue weighted by Crippen LogP contribution is 2.23. The minimum Gasteiger partial charge on any atom is -0.469 e. The number of aryl methyl sites for hydroxylation is 2. The van der Waals surface area contributed by atoms with Gasteiger partial charge in [0.1, 0.15) is 0 Å². The predicted octanol–water partition coefficient (Wildman–Crippen LogP) is 3.00. The Morgan fingerprint density at radius 1 is 0.698 bits per heavy atom. The van der Waals surface area contributed by atoms with E-state index in [9.17, 15) is 14.4 Å². The molecule has 1 aromatic heterocycles. The first-order valence-electron chi connectivity index (χ1n) is 14.1. The zero-order valence-corrected chi connectivity index (χ0v) is 26.0. The largest absolute Gasteiger partial charge is 0.469 e. The minimum atomic E-state index is -0.340. The van der Waals surface area contributed by atoms with Crippen LogP contribution in [0, 0.1) is 13.8 Å². The van der Waals surface area contributed by atoms with E-state index in [2.05, 4.69) is 20.4 Å². The lowest BCUT2D eigenvalue weighted by Gasteiger charge is -2.11. The van der Waals surface area contributed by atoms with Gasteiger partial charge in [-0.3, -0.25) is 19.7 Å². The molecule has 240 valence electrons. The van der Waals surface area contributed by atoms with Gasteiger partial charge in [0.25, 0.3) is 5.91 Å². The first-order valence-corrected chi connectivity index (χ1v) is 14.9. The number of amides is 2. The second-order valence-electron chi connectivity index (χ2n) is 8.96. The van der Waals surface area contributed by atoms with E-state index in [1.165, 1.54) is 18.4 Å². The summed E-state index contributed by atoms with van der Waals surface area (Å²) in [7, 11) is 1.34. The molecule has 2 rings (SSSR count). The van der Waals surface area contributed by atoms with Crippen LogP contribution in [-0.4, -0.2) is 109 Å². The highest BCUT2D eigenvalue weighted by molar-refractivity contribution is 7.15. The quantitative estimate of drug-likeness (QED) is 0.131. The molecule has 1 heterocycles. The molecule has 2 aromatic rings. The topological polar surface area (TPSA) is 153 Å². The van der Waals surface area contributed by atoms with Gasteiger partial charge >= 0.3 is 5.97 Å². The van der Waals surface area contributed by atoms with Crippen LogP contribution in [-0.2, 0) is 42.7 Å². The fourth-order valence-electron chi connectivity index (χ4n) is 3.32. The van der Waals surface area contributed by atoms with Crippen LogP contribution in [0.2, 0.25) is 0 Å². The maximum absolute atomic E-state index is 12.7. The Labute approximate surface area is 256 Å². The molecule has 0 spiro atoms. The SMILES string of the molecule is COC(=O)CCOCCOCCOCCOCCOCCOCCC(=O)Nc1ccccc1C(=O)Nc1nc(C)c(C)s1. The van der Waals surface area contributed by atoms with E-state index in [0.29, 0.717) is 89.1 Å². The molecule has 2 N–H and O–H groups in total. The van der Waals surface area contributed by atoms with E-state index < -0.39 is 0 Å². The summed E-state index contributed by atoms with van der Waals surface area (Å²) in [5, 5.41) is 6.09. The maximum Gasteiger partial charge on any atom is 0.307 e. The molecular formula is C29H43N3O10S. The van der Waals surface area contributed by atoms with Gasteiger partial charge in [-0.05, 0) is 26.0 Å². The standard InChI is InChI=1S/C29H43N3O10S/c1-22-23(2)43-29(30-22)32-28(35)24-6-4-5-7-25(24)31-26(33)8-10-37-12-14-39-16-18-41-20-21-42-19-17-40-15-13-38-11-9-27(34)36-3/h4-7H,8-21H2,1-3H3,(H,31,33)(H,30,32,35). The first kappa shape index (κ1) is 36.2. The van der Waals surface area contributed by atoms with Crippen molar-refractivity contribution in [3.05, 3.63) is 40.4 Å². The lowest BCUT2D eigenvalue weighted by atomic mass is 10.1. The number of esters is 1. The van der Waals surface area contributed by atoms with Crippen LogP contribution in [0.1, 0.15) is 33.8 Å². The highest BCUT2D eigenvalue weighted by atomic mass is 32.1. The molecule has 0 atom stereocenters. The van der Waals surface area contributed by atoms with Gasteiger partial charge in [0.2, 0.25) is 5.91 Å². The van der Waals surface area contributed by atoms with Gasteiger partial charge in [0, 0.05) is 4.88 Å². The number of hydrogen-bond donors (Lipinski definition) is 2. The number of nitrogens with zero attached hydrogens (tertiary/aromatic N) is 1. The third-order valence-electron chi connectivity index (χ3n) is 5.71. The van der Waals surface area contributed by atoms with Crippen molar-refractivity contribution in [1.29, 1.82) is 0 Å². The van der Waals surface area contributed by atoms with Crippen LogP contribution < -0.4 is 10.6 Å². The predicted molar refractivity (Wildman–Crippen MR) is 161 cm³/mol. The molecule has 1 aromatic carbocycles. The number of methoxy groups -OCH3 is 1. The summed E-state index contributed by atoms with van der Waals surface area (Å²) < 4.78 is 36.9. The molecule has 0 aliphatic rings. The number of para-hydroxylation sites is 1.